The van der Waals surface area contributed by atoms with Gasteiger partial charge in [-0.1, -0.05) is 23.3 Å². The first-order chi connectivity index (χ1) is 22.5. The van der Waals surface area contributed by atoms with Crippen molar-refractivity contribution in [3.8, 4) is 5.69 Å². The molecule has 6 heterocycles. The highest BCUT2D eigenvalue weighted by molar-refractivity contribution is 6.45. The third-order valence-corrected chi connectivity index (χ3v) is 8.46. The van der Waals surface area contributed by atoms with Crippen molar-refractivity contribution < 1.29 is 18.8 Å². The van der Waals surface area contributed by atoms with E-state index >= 15 is 4.39 Å². The van der Waals surface area contributed by atoms with Gasteiger partial charge in [0.2, 0.25) is 5.95 Å². The van der Waals surface area contributed by atoms with Crippen LogP contribution < -0.4 is 9.80 Å². The smallest absolute Gasteiger partial charge is 0.295 e. The Morgan fingerprint density at radius 1 is 0.978 bits per heavy atom. The zero-order valence-corrected chi connectivity index (χ0v) is 24.8. The molecule has 2 aliphatic heterocycles. The number of para-hydroxylation sites is 1. The Morgan fingerprint density at radius 2 is 1.76 bits per heavy atom. The minimum atomic E-state index is -0.853. The third-order valence-electron chi connectivity index (χ3n) is 8.46. The van der Waals surface area contributed by atoms with Crippen LogP contribution in [0.1, 0.15) is 33.7 Å². The highest BCUT2D eigenvalue weighted by Crippen LogP contribution is 2.30. The van der Waals surface area contributed by atoms with Crippen LogP contribution in [0.25, 0.3) is 16.6 Å². The molecular weight excluding hydrogens is 595 g/mol. The number of anilines is 2. The van der Waals surface area contributed by atoms with Crippen molar-refractivity contribution in [2.45, 2.75) is 12.8 Å². The summed E-state index contributed by atoms with van der Waals surface area (Å²) in [4.78, 5) is 54.8. The van der Waals surface area contributed by atoms with Crippen LogP contribution in [-0.4, -0.2) is 120 Å². The SMILES string of the molecule is O=C(C(=O)N1CCN(c2nnnn2-c2ccccc2)CC1)c1c[nH]c2c(N(CCN3CCCC3)C(=O)c3ccn[nH]3)ncc(F)c12. The second kappa shape index (κ2) is 12.5. The number of hydrogen-bond donors (Lipinski definition) is 2. The maximum atomic E-state index is 15.4. The van der Waals surface area contributed by atoms with Crippen LogP contribution >= 0.6 is 0 Å². The number of hydrogen-bond acceptors (Lipinski definition) is 10. The largest absolute Gasteiger partial charge is 0.357 e. The maximum absolute atomic E-state index is 15.4. The van der Waals surface area contributed by atoms with Gasteiger partial charge < -0.3 is 19.7 Å². The molecule has 5 aromatic rings. The molecule has 0 saturated carbocycles. The maximum Gasteiger partial charge on any atom is 0.295 e. The average Bonchev–Trinajstić information content (AvgIpc) is 3.92. The molecule has 16 heteroatoms. The molecule has 0 radical (unpaired) electrons. The van der Waals surface area contributed by atoms with Gasteiger partial charge in [0.1, 0.15) is 5.69 Å². The number of aromatic nitrogens is 8. The molecule has 0 bridgehead atoms. The quantitative estimate of drug-likeness (QED) is 0.182. The second-order valence-corrected chi connectivity index (χ2v) is 11.2. The Labute approximate surface area is 262 Å². The molecule has 4 aromatic heterocycles. The van der Waals surface area contributed by atoms with E-state index in [4.69, 9.17) is 0 Å². The van der Waals surface area contributed by atoms with E-state index in [0.29, 0.717) is 25.6 Å². The fourth-order valence-corrected chi connectivity index (χ4v) is 6.03. The molecule has 15 nitrogen and oxygen atoms in total. The Balaban J connectivity index is 1.11. The molecule has 2 fully saturated rings. The van der Waals surface area contributed by atoms with E-state index < -0.39 is 23.4 Å². The van der Waals surface area contributed by atoms with Crippen LogP contribution in [0.5, 0.6) is 0 Å². The molecule has 2 N–H and O–H groups in total. The number of fused-ring (bicyclic) bond motifs is 1. The number of carbonyl (C=O) groups excluding carboxylic acids is 3. The first-order valence-corrected chi connectivity index (χ1v) is 15.1. The molecule has 0 spiro atoms. The van der Waals surface area contributed by atoms with Gasteiger partial charge >= 0.3 is 0 Å². The molecule has 2 aliphatic rings. The van der Waals surface area contributed by atoms with Crippen molar-refractivity contribution in [1.82, 2.24) is 50.2 Å². The molecule has 0 aliphatic carbocycles. The summed E-state index contributed by atoms with van der Waals surface area (Å²) in [6, 6.07) is 11.0. The first kappa shape index (κ1) is 29.2. The van der Waals surface area contributed by atoms with Crippen LogP contribution in [0.3, 0.4) is 0 Å². The van der Waals surface area contributed by atoms with Crippen molar-refractivity contribution in [3.63, 3.8) is 0 Å². The lowest BCUT2D eigenvalue weighted by atomic mass is 10.1. The van der Waals surface area contributed by atoms with Crippen molar-refractivity contribution in [2.75, 3.05) is 62.2 Å². The predicted molar refractivity (Wildman–Crippen MR) is 164 cm³/mol. The van der Waals surface area contributed by atoms with Crippen molar-refractivity contribution in [1.29, 1.82) is 0 Å². The second-order valence-electron chi connectivity index (χ2n) is 11.2. The molecule has 0 unspecified atom stereocenters. The number of amides is 2. The van der Waals surface area contributed by atoms with E-state index in [9.17, 15) is 14.4 Å². The highest BCUT2D eigenvalue weighted by atomic mass is 19.1. The summed E-state index contributed by atoms with van der Waals surface area (Å²) in [5.41, 5.74) is 1.08. The summed E-state index contributed by atoms with van der Waals surface area (Å²) >= 11 is 0. The predicted octanol–water partition coefficient (Wildman–Crippen LogP) is 1.67. The topological polar surface area (TPSA) is 165 Å². The number of pyridine rings is 1. The summed E-state index contributed by atoms with van der Waals surface area (Å²) in [5, 5.41) is 18.6. The van der Waals surface area contributed by atoms with Crippen LogP contribution in [0, 0.1) is 5.82 Å². The summed E-state index contributed by atoms with van der Waals surface area (Å²) in [6.07, 6.45) is 5.94. The van der Waals surface area contributed by atoms with Crippen molar-refractivity contribution >= 4 is 40.3 Å². The summed E-state index contributed by atoms with van der Waals surface area (Å²) < 4.78 is 17.0. The van der Waals surface area contributed by atoms with Crippen molar-refractivity contribution in [3.05, 3.63) is 72.1 Å². The standard InChI is InChI=1S/C30H31FN12O3/c31-22-19-33-27(42(17-12-39-10-4-5-11-39)28(45)23-8-9-34-35-23)25-24(22)21(18-32-25)26(44)29(46)40-13-15-41(16-14-40)30-36-37-38-43(30)20-6-2-1-3-7-20/h1-3,6-9,18-19,32H,4-5,10-17H2,(H,34,35). The van der Waals surface area contributed by atoms with Gasteiger partial charge in [0, 0.05) is 51.7 Å². The van der Waals surface area contributed by atoms with Gasteiger partial charge in [0.25, 0.3) is 17.6 Å². The number of benzene rings is 1. The number of carbonyl (C=O) groups is 3. The number of piperazine rings is 1. The van der Waals surface area contributed by atoms with E-state index in [-0.39, 0.29) is 47.6 Å². The van der Waals surface area contributed by atoms with E-state index in [2.05, 4.69) is 40.6 Å². The molecule has 0 atom stereocenters. The number of ketones is 1. The number of aromatic amines is 2. The lowest BCUT2D eigenvalue weighted by Crippen LogP contribution is -2.51. The van der Waals surface area contributed by atoms with Crippen LogP contribution in [-0.2, 0) is 4.79 Å². The summed E-state index contributed by atoms with van der Waals surface area (Å²) in [5.74, 6) is -2.09. The molecule has 1 aromatic carbocycles. The normalized spacial score (nSPS) is 15.5. The third kappa shape index (κ3) is 5.47. The molecular formula is C30H31FN12O3. The first-order valence-electron chi connectivity index (χ1n) is 15.1. The Kier molecular flexibility index (Phi) is 7.92. The number of Topliss-reactive ketones (excluding diaryl/α,β-unsaturated/α-hetero) is 1. The monoisotopic (exact) mass is 626 g/mol. The van der Waals surface area contributed by atoms with Gasteiger partial charge in [-0.15, -0.1) is 0 Å². The zero-order chi connectivity index (χ0) is 31.6. The van der Waals surface area contributed by atoms with Crippen LogP contribution in [0.4, 0.5) is 16.2 Å². The van der Waals surface area contributed by atoms with Crippen LogP contribution in [0.2, 0.25) is 0 Å². The Bertz CT molecular complexity index is 1860. The van der Waals surface area contributed by atoms with Crippen LogP contribution in [0.15, 0.2) is 55.0 Å². The van der Waals surface area contributed by atoms with Gasteiger partial charge in [0.05, 0.1) is 28.4 Å². The number of H-pyrrole nitrogens is 2. The number of rotatable bonds is 9. The minimum Gasteiger partial charge on any atom is -0.357 e. The fraction of sp³-hybridized carbons (Fsp3) is 0.333. The fourth-order valence-electron chi connectivity index (χ4n) is 6.03. The highest BCUT2D eigenvalue weighted by Gasteiger charge is 2.32. The lowest BCUT2D eigenvalue weighted by Gasteiger charge is -2.34. The number of likely N-dealkylation sites (tertiary alicyclic amines) is 1. The molecule has 46 heavy (non-hydrogen) atoms. The zero-order valence-electron chi connectivity index (χ0n) is 24.8. The Morgan fingerprint density at radius 3 is 2.50 bits per heavy atom. The number of tetrazole rings is 1. The molecule has 7 rings (SSSR count). The Hall–Kier alpha value is -5.51. The van der Waals surface area contributed by atoms with E-state index in [1.54, 1.807) is 10.7 Å². The van der Waals surface area contributed by atoms with Gasteiger partial charge in [-0.25, -0.2) is 9.37 Å². The minimum absolute atomic E-state index is 0.0902. The van der Waals surface area contributed by atoms with Gasteiger partial charge in [0.15, 0.2) is 11.6 Å². The number of nitrogens with zero attached hydrogens (tertiary/aromatic N) is 10. The molecule has 2 amide bonds. The summed E-state index contributed by atoms with van der Waals surface area (Å²) in [6.45, 7) is 4.01. The van der Waals surface area contributed by atoms with E-state index in [1.165, 1.54) is 22.2 Å². The van der Waals surface area contributed by atoms with E-state index in [1.807, 2.05) is 35.2 Å². The number of nitrogens with one attached hydrogen (secondary N) is 2. The number of halogens is 1. The van der Waals surface area contributed by atoms with E-state index in [0.717, 1.165) is 37.8 Å². The molecule has 236 valence electrons. The molecule has 2 saturated heterocycles. The van der Waals surface area contributed by atoms with Gasteiger partial charge in [-0.05, 0) is 54.6 Å². The lowest BCUT2D eigenvalue weighted by molar-refractivity contribution is -0.126. The van der Waals surface area contributed by atoms with Gasteiger partial charge in [-0.3, -0.25) is 24.4 Å². The summed E-state index contributed by atoms with van der Waals surface area (Å²) in [7, 11) is 0. The van der Waals surface area contributed by atoms with Gasteiger partial charge in [-0.2, -0.15) is 9.78 Å². The van der Waals surface area contributed by atoms with Crippen molar-refractivity contribution in [2.24, 2.45) is 0 Å². The average molecular weight is 627 g/mol.